The van der Waals surface area contributed by atoms with E-state index in [1.165, 1.54) is 6.42 Å². The molecule has 1 aromatic rings. The van der Waals surface area contributed by atoms with E-state index in [9.17, 15) is 0 Å². The highest BCUT2D eigenvalue weighted by Crippen LogP contribution is 2.41. The van der Waals surface area contributed by atoms with E-state index in [-0.39, 0.29) is 11.6 Å². The number of halogens is 1. The standard InChI is InChI=1S/C13H16ClNO2/c14-11-6-9(13(15)4-1-5-13)2-3-12(11)17-10-7-16-8-10/h2-3,6,10H,1,4-5,7-8,15H2. The van der Waals surface area contributed by atoms with Crippen molar-refractivity contribution in [1.29, 1.82) is 0 Å². The second-order valence-electron chi connectivity index (χ2n) is 4.93. The van der Waals surface area contributed by atoms with Gasteiger partial charge in [0.25, 0.3) is 0 Å². The Morgan fingerprint density at radius 2 is 2.12 bits per heavy atom. The van der Waals surface area contributed by atoms with E-state index in [4.69, 9.17) is 26.8 Å². The van der Waals surface area contributed by atoms with Crippen molar-refractivity contribution < 1.29 is 9.47 Å². The largest absolute Gasteiger partial charge is 0.484 e. The molecule has 0 aromatic heterocycles. The van der Waals surface area contributed by atoms with Crippen LogP contribution >= 0.6 is 11.6 Å². The minimum Gasteiger partial charge on any atom is -0.484 e. The van der Waals surface area contributed by atoms with Crippen LogP contribution in [0.4, 0.5) is 0 Å². The Hall–Kier alpha value is -0.770. The predicted octanol–water partition coefficient (Wildman–Crippen LogP) is 2.46. The van der Waals surface area contributed by atoms with Crippen LogP contribution in [-0.4, -0.2) is 19.3 Å². The normalized spacial score (nSPS) is 22.7. The van der Waals surface area contributed by atoms with Crippen molar-refractivity contribution in [3.63, 3.8) is 0 Å². The smallest absolute Gasteiger partial charge is 0.145 e. The lowest BCUT2D eigenvalue weighted by Gasteiger charge is -2.39. The van der Waals surface area contributed by atoms with Crippen molar-refractivity contribution in [1.82, 2.24) is 0 Å². The maximum Gasteiger partial charge on any atom is 0.145 e. The first kappa shape index (κ1) is 11.3. The summed E-state index contributed by atoms with van der Waals surface area (Å²) in [5, 5.41) is 0.645. The Morgan fingerprint density at radius 1 is 1.35 bits per heavy atom. The van der Waals surface area contributed by atoms with Gasteiger partial charge < -0.3 is 15.2 Å². The van der Waals surface area contributed by atoms with Gasteiger partial charge in [0.1, 0.15) is 11.9 Å². The average Bonchev–Trinajstić information content (AvgIpc) is 2.21. The summed E-state index contributed by atoms with van der Waals surface area (Å²) in [6, 6.07) is 5.89. The molecule has 0 atom stereocenters. The zero-order valence-electron chi connectivity index (χ0n) is 9.62. The first-order valence-electron chi connectivity index (χ1n) is 6.01. The lowest BCUT2D eigenvalue weighted by Crippen LogP contribution is -2.43. The fourth-order valence-corrected chi connectivity index (χ4v) is 2.44. The van der Waals surface area contributed by atoms with Gasteiger partial charge in [-0.25, -0.2) is 0 Å². The second kappa shape index (κ2) is 4.16. The molecule has 3 nitrogen and oxygen atoms in total. The summed E-state index contributed by atoms with van der Waals surface area (Å²) in [5.74, 6) is 0.728. The molecule has 1 saturated heterocycles. The predicted molar refractivity (Wildman–Crippen MR) is 66.4 cm³/mol. The van der Waals surface area contributed by atoms with E-state index < -0.39 is 0 Å². The van der Waals surface area contributed by atoms with Crippen LogP contribution in [0.15, 0.2) is 18.2 Å². The van der Waals surface area contributed by atoms with Gasteiger partial charge in [-0.15, -0.1) is 0 Å². The van der Waals surface area contributed by atoms with Crippen LogP contribution in [-0.2, 0) is 10.3 Å². The van der Waals surface area contributed by atoms with E-state index in [2.05, 4.69) is 0 Å². The van der Waals surface area contributed by atoms with Crippen LogP contribution in [0, 0.1) is 0 Å². The average molecular weight is 254 g/mol. The van der Waals surface area contributed by atoms with Crippen molar-refractivity contribution in [2.45, 2.75) is 30.9 Å². The lowest BCUT2D eigenvalue weighted by molar-refractivity contribution is -0.0796. The first-order chi connectivity index (χ1) is 8.17. The number of nitrogens with two attached hydrogens (primary N) is 1. The summed E-state index contributed by atoms with van der Waals surface area (Å²) in [6.07, 6.45) is 3.43. The molecule has 3 rings (SSSR count). The number of benzene rings is 1. The minimum atomic E-state index is -0.165. The molecule has 17 heavy (non-hydrogen) atoms. The molecule has 2 N–H and O–H groups in total. The molecule has 0 unspecified atom stereocenters. The van der Waals surface area contributed by atoms with Crippen molar-refractivity contribution >= 4 is 11.6 Å². The summed E-state index contributed by atoms with van der Waals surface area (Å²) in [5.41, 5.74) is 7.21. The van der Waals surface area contributed by atoms with Gasteiger partial charge in [0, 0.05) is 5.54 Å². The molecule has 92 valence electrons. The van der Waals surface area contributed by atoms with Gasteiger partial charge in [-0.1, -0.05) is 17.7 Å². The van der Waals surface area contributed by atoms with Gasteiger partial charge in [0.2, 0.25) is 0 Å². The van der Waals surface area contributed by atoms with Crippen LogP contribution in [0.2, 0.25) is 5.02 Å². The molecule has 1 heterocycles. The van der Waals surface area contributed by atoms with Crippen LogP contribution in [0.25, 0.3) is 0 Å². The van der Waals surface area contributed by atoms with Gasteiger partial charge in [0.15, 0.2) is 0 Å². The highest BCUT2D eigenvalue weighted by molar-refractivity contribution is 6.32. The zero-order valence-corrected chi connectivity index (χ0v) is 10.4. The molecule has 1 aliphatic carbocycles. The Labute approximate surface area is 106 Å². The van der Waals surface area contributed by atoms with Crippen LogP contribution < -0.4 is 10.5 Å². The third kappa shape index (κ3) is 2.03. The van der Waals surface area contributed by atoms with Crippen molar-refractivity contribution in [3.05, 3.63) is 28.8 Å². The molecule has 1 aromatic carbocycles. The van der Waals surface area contributed by atoms with Gasteiger partial charge in [-0.3, -0.25) is 0 Å². The highest BCUT2D eigenvalue weighted by atomic mass is 35.5. The van der Waals surface area contributed by atoms with E-state index >= 15 is 0 Å². The molecule has 0 spiro atoms. The van der Waals surface area contributed by atoms with Gasteiger partial charge in [0.05, 0.1) is 18.2 Å². The summed E-state index contributed by atoms with van der Waals surface area (Å²) in [4.78, 5) is 0. The zero-order chi connectivity index (χ0) is 11.9. The quantitative estimate of drug-likeness (QED) is 0.900. The molecule has 2 aliphatic rings. The molecule has 4 heteroatoms. The third-order valence-corrected chi connectivity index (χ3v) is 3.95. The summed E-state index contributed by atoms with van der Waals surface area (Å²) in [6.45, 7) is 1.30. The van der Waals surface area contributed by atoms with E-state index in [1.54, 1.807) is 0 Å². The first-order valence-corrected chi connectivity index (χ1v) is 6.38. The van der Waals surface area contributed by atoms with E-state index in [1.807, 2.05) is 18.2 Å². The van der Waals surface area contributed by atoms with Gasteiger partial charge in [-0.05, 0) is 37.0 Å². The maximum absolute atomic E-state index is 6.26. The van der Waals surface area contributed by atoms with Crippen molar-refractivity contribution in [2.24, 2.45) is 5.73 Å². The van der Waals surface area contributed by atoms with Crippen LogP contribution in [0.1, 0.15) is 24.8 Å². The Balaban J connectivity index is 1.78. The van der Waals surface area contributed by atoms with Crippen molar-refractivity contribution in [2.75, 3.05) is 13.2 Å². The number of hydrogen-bond donors (Lipinski definition) is 1. The minimum absolute atomic E-state index is 0.147. The Bertz CT molecular complexity index is 427. The fourth-order valence-electron chi connectivity index (χ4n) is 2.21. The number of hydrogen-bond acceptors (Lipinski definition) is 3. The molecular formula is C13H16ClNO2. The third-order valence-electron chi connectivity index (χ3n) is 3.65. The van der Waals surface area contributed by atoms with Crippen LogP contribution in [0.5, 0.6) is 5.75 Å². The molecular weight excluding hydrogens is 238 g/mol. The highest BCUT2D eigenvalue weighted by Gasteiger charge is 2.34. The Kier molecular flexibility index (Phi) is 2.77. The number of rotatable bonds is 3. The molecule has 2 fully saturated rings. The van der Waals surface area contributed by atoms with E-state index in [0.717, 1.165) is 24.2 Å². The fraction of sp³-hybridized carbons (Fsp3) is 0.538. The SMILES string of the molecule is NC1(c2ccc(OC3COC3)c(Cl)c2)CCC1. The summed E-state index contributed by atoms with van der Waals surface area (Å²) < 4.78 is 10.8. The molecule has 0 radical (unpaired) electrons. The number of ether oxygens (including phenoxy) is 2. The molecule has 0 bridgehead atoms. The van der Waals surface area contributed by atoms with Gasteiger partial charge >= 0.3 is 0 Å². The summed E-state index contributed by atoms with van der Waals surface area (Å²) in [7, 11) is 0. The van der Waals surface area contributed by atoms with E-state index in [0.29, 0.717) is 18.2 Å². The molecule has 0 amide bonds. The summed E-state index contributed by atoms with van der Waals surface area (Å²) >= 11 is 6.22. The maximum atomic E-state index is 6.26. The molecule has 1 aliphatic heterocycles. The molecule has 1 saturated carbocycles. The monoisotopic (exact) mass is 253 g/mol. The Morgan fingerprint density at radius 3 is 2.59 bits per heavy atom. The second-order valence-corrected chi connectivity index (χ2v) is 5.34. The topological polar surface area (TPSA) is 44.5 Å². The van der Waals surface area contributed by atoms with Gasteiger partial charge in [-0.2, -0.15) is 0 Å². The van der Waals surface area contributed by atoms with Crippen molar-refractivity contribution in [3.8, 4) is 5.75 Å². The van der Waals surface area contributed by atoms with Crippen LogP contribution in [0.3, 0.4) is 0 Å². The lowest BCUT2D eigenvalue weighted by atomic mass is 9.73.